The van der Waals surface area contributed by atoms with E-state index in [0.717, 1.165) is 18.9 Å². The molecule has 90 valence electrons. The van der Waals surface area contributed by atoms with Crippen molar-refractivity contribution in [3.63, 3.8) is 0 Å². The number of benzene rings is 1. The van der Waals surface area contributed by atoms with Crippen molar-refractivity contribution in [1.82, 2.24) is 14.9 Å². The SMILES string of the molecule is Cc1nccn1CCNC(C)c1ccccc1. The molecule has 0 saturated heterocycles. The zero-order valence-electron chi connectivity index (χ0n) is 10.4. The summed E-state index contributed by atoms with van der Waals surface area (Å²) < 4.78 is 2.16. The largest absolute Gasteiger partial charge is 0.334 e. The van der Waals surface area contributed by atoms with Gasteiger partial charge in [0.25, 0.3) is 0 Å². The zero-order chi connectivity index (χ0) is 12.1. The van der Waals surface area contributed by atoms with Gasteiger partial charge < -0.3 is 9.88 Å². The van der Waals surface area contributed by atoms with Gasteiger partial charge in [-0.05, 0) is 19.4 Å². The normalized spacial score (nSPS) is 12.6. The molecule has 1 aromatic carbocycles. The standard InChI is InChI=1S/C14H19N3/c1-12(14-6-4-3-5-7-14)15-8-10-17-11-9-16-13(17)2/h3-7,9,11-12,15H,8,10H2,1-2H3. The molecule has 3 heteroatoms. The summed E-state index contributed by atoms with van der Waals surface area (Å²) in [7, 11) is 0. The number of imidazole rings is 1. The van der Waals surface area contributed by atoms with Crippen molar-refractivity contribution < 1.29 is 0 Å². The van der Waals surface area contributed by atoms with Crippen molar-refractivity contribution in [3.8, 4) is 0 Å². The fraction of sp³-hybridized carbons (Fsp3) is 0.357. The summed E-state index contributed by atoms with van der Waals surface area (Å²) in [6.07, 6.45) is 3.86. The Morgan fingerprint density at radius 1 is 1.29 bits per heavy atom. The maximum Gasteiger partial charge on any atom is 0.105 e. The Hall–Kier alpha value is -1.61. The van der Waals surface area contributed by atoms with Gasteiger partial charge in [-0.2, -0.15) is 0 Å². The molecule has 1 unspecified atom stereocenters. The molecule has 2 rings (SSSR count). The third-order valence-corrected chi connectivity index (χ3v) is 3.03. The topological polar surface area (TPSA) is 29.9 Å². The maximum atomic E-state index is 4.21. The summed E-state index contributed by atoms with van der Waals surface area (Å²) in [5.41, 5.74) is 1.33. The van der Waals surface area contributed by atoms with Crippen LogP contribution in [0.4, 0.5) is 0 Å². The van der Waals surface area contributed by atoms with Crippen LogP contribution < -0.4 is 5.32 Å². The molecule has 0 radical (unpaired) electrons. The zero-order valence-corrected chi connectivity index (χ0v) is 10.4. The Morgan fingerprint density at radius 3 is 2.71 bits per heavy atom. The van der Waals surface area contributed by atoms with Crippen LogP contribution in [0.1, 0.15) is 24.4 Å². The van der Waals surface area contributed by atoms with Crippen LogP contribution in [0, 0.1) is 6.92 Å². The summed E-state index contributed by atoms with van der Waals surface area (Å²) in [6, 6.07) is 10.9. The van der Waals surface area contributed by atoms with E-state index in [2.05, 4.69) is 46.1 Å². The minimum Gasteiger partial charge on any atom is -0.334 e. The molecule has 0 aliphatic carbocycles. The highest BCUT2D eigenvalue weighted by Crippen LogP contribution is 2.10. The molecule has 0 saturated carbocycles. The monoisotopic (exact) mass is 229 g/mol. The summed E-state index contributed by atoms with van der Waals surface area (Å²) in [5.74, 6) is 1.07. The minimum absolute atomic E-state index is 0.389. The first kappa shape index (κ1) is 11.9. The second kappa shape index (κ2) is 5.64. The fourth-order valence-electron chi connectivity index (χ4n) is 1.90. The average Bonchev–Trinajstić information content (AvgIpc) is 2.76. The van der Waals surface area contributed by atoms with Gasteiger partial charge in [-0.3, -0.25) is 0 Å². The van der Waals surface area contributed by atoms with Gasteiger partial charge in [-0.1, -0.05) is 30.3 Å². The quantitative estimate of drug-likeness (QED) is 0.854. The Balaban J connectivity index is 1.81. The first-order valence-electron chi connectivity index (χ1n) is 6.03. The van der Waals surface area contributed by atoms with Gasteiger partial charge in [0.2, 0.25) is 0 Å². The predicted octanol–water partition coefficient (Wildman–Crippen LogP) is 2.54. The Kier molecular flexibility index (Phi) is 3.94. The van der Waals surface area contributed by atoms with Crippen molar-refractivity contribution in [1.29, 1.82) is 0 Å². The molecule has 1 N–H and O–H groups in total. The molecule has 0 aliphatic rings. The summed E-state index contributed by atoms with van der Waals surface area (Å²) in [4.78, 5) is 4.21. The lowest BCUT2D eigenvalue weighted by Crippen LogP contribution is -2.23. The minimum atomic E-state index is 0.389. The molecule has 2 aromatic rings. The lowest BCUT2D eigenvalue weighted by atomic mass is 10.1. The van der Waals surface area contributed by atoms with Gasteiger partial charge in [0, 0.05) is 31.5 Å². The van der Waals surface area contributed by atoms with Crippen LogP contribution in [-0.4, -0.2) is 16.1 Å². The van der Waals surface area contributed by atoms with Gasteiger partial charge in [0.15, 0.2) is 0 Å². The highest BCUT2D eigenvalue weighted by Gasteiger charge is 2.03. The number of hydrogen-bond donors (Lipinski definition) is 1. The second-order valence-corrected chi connectivity index (χ2v) is 4.25. The van der Waals surface area contributed by atoms with Crippen LogP contribution >= 0.6 is 0 Å². The van der Waals surface area contributed by atoms with E-state index in [1.165, 1.54) is 5.56 Å². The second-order valence-electron chi connectivity index (χ2n) is 4.25. The summed E-state index contributed by atoms with van der Waals surface area (Å²) in [5, 5.41) is 3.52. The molecule has 17 heavy (non-hydrogen) atoms. The van der Waals surface area contributed by atoms with Crippen molar-refractivity contribution in [3.05, 3.63) is 54.1 Å². The highest BCUT2D eigenvalue weighted by atomic mass is 15.1. The van der Waals surface area contributed by atoms with Crippen LogP contribution in [-0.2, 0) is 6.54 Å². The van der Waals surface area contributed by atoms with Gasteiger partial charge in [0.1, 0.15) is 5.82 Å². The number of aryl methyl sites for hydroxylation is 1. The molecule has 1 aromatic heterocycles. The van der Waals surface area contributed by atoms with Crippen molar-refractivity contribution in [2.24, 2.45) is 0 Å². The van der Waals surface area contributed by atoms with Gasteiger partial charge in [-0.15, -0.1) is 0 Å². The third kappa shape index (κ3) is 3.17. The van der Waals surface area contributed by atoms with Gasteiger partial charge in [0.05, 0.1) is 0 Å². The molecular weight excluding hydrogens is 210 g/mol. The van der Waals surface area contributed by atoms with E-state index in [1.54, 1.807) is 0 Å². The smallest absolute Gasteiger partial charge is 0.105 e. The molecule has 0 spiro atoms. The molecule has 0 aliphatic heterocycles. The first-order valence-corrected chi connectivity index (χ1v) is 6.03. The van der Waals surface area contributed by atoms with E-state index in [0.29, 0.717) is 6.04 Å². The number of nitrogens with zero attached hydrogens (tertiary/aromatic N) is 2. The number of aromatic nitrogens is 2. The fourth-order valence-corrected chi connectivity index (χ4v) is 1.90. The molecule has 0 bridgehead atoms. The van der Waals surface area contributed by atoms with E-state index >= 15 is 0 Å². The first-order chi connectivity index (χ1) is 8.27. The Bertz CT molecular complexity index is 448. The maximum absolute atomic E-state index is 4.21. The van der Waals surface area contributed by atoms with E-state index in [1.807, 2.05) is 25.4 Å². The van der Waals surface area contributed by atoms with Crippen LogP contribution in [0.2, 0.25) is 0 Å². The molecule has 0 amide bonds. The number of nitrogens with one attached hydrogen (secondary N) is 1. The van der Waals surface area contributed by atoms with Crippen LogP contribution in [0.5, 0.6) is 0 Å². The van der Waals surface area contributed by atoms with E-state index in [4.69, 9.17) is 0 Å². The van der Waals surface area contributed by atoms with Gasteiger partial charge in [-0.25, -0.2) is 4.98 Å². The van der Waals surface area contributed by atoms with Crippen molar-refractivity contribution in [2.75, 3.05) is 6.54 Å². The van der Waals surface area contributed by atoms with E-state index < -0.39 is 0 Å². The Labute approximate surface area is 103 Å². The number of hydrogen-bond acceptors (Lipinski definition) is 2. The lowest BCUT2D eigenvalue weighted by molar-refractivity contribution is 0.526. The summed E-state index contributed by atoms with van der Waals surface area (Å²) >= 11 is 0. The van der Waals surface area contributed by atoms with E-state index in [-0.39, 0.29) is 0 Å². The molecule has 3 nitrogen and oxygen atoms in total. The predicted molar refractivity (Wildman–Crippen MR) is 69.8 cm³/mol. The summed E-state index contributed by atoms with van der Waals surface area (Å²) in [6.45, 7) is 6.13. The van der Waals surface area contributed by atoms with Crippen LogP contribution in [0.15, 0.2) is 42.7 Å². The van der Waals surface area contributed by atoms with Crippen molar-refractivity contribution in [2.45, 2.75) is 26.4 Å². The van der Waals surface area contributed by atoms with E-state index in [9.17, 15) is 0 Å². The molecule has 1 atom stereocenters. The molecular formula is C14H19N3. The van der Waals surface area contributed by atoms with Crippen LogP contribution in [0.25, 0.3) is 0 Å². The highest BCUT2D eigenvalue weighted by molar-refractivity contribution is 5.17. The van der Waals surface area contributed by atoms with Crippen LogP contribution in [0.3, 0.4) is 0 Å². The van der Waals surface area contributed by atoms with Crippen molar-refractivity contribution >= 4 is 0 Å². The third-order valence-electron chi connectivity index (χ3n) is 3.03. The molecule has 1 heterocycles. The lowest BCUT2D eigenvalue weighted by Gasteiger charge is -2.14. The average molecular weight is 229 g/mol. The number of rotatable bonds is 5. The Morgan fingerprint density at radius 2 is 2.06 bits per heavy atom. The van der Waals surface area contributed by atoms with Gasteiger partial charge >= 0.3 is 0 Å². The molecule has 0 fully saturated rings.